The van der Waals surface area contributed by atoms with Crippen LogP contribution >= 0.6 is 11.8 Å². The van der Waals surface area contributed by atoms with Crippen molar-refractivity contribution in [2.24, 2.45) is 11.7 Å². The molecular formula is C17H27NOS. The van der Waals surface area contributed by atoms with Crippen LogP contribution in [0.3, 0.4) is 0 Å². The number of nitrogens with two attached hydrogens (primary N) is 1. The Morgan fingerprint density at radius 3 is 2.65 bits per heavy atom. The molecule has 0 radical (unpaired) electrons. The van der Waals surface area contributed by atoms with E-state index in [0.717, 1.165) is 24.5 Å². The van der Waals surface area contributed by atoms with E-state index in [9.17, 15) is 0 Å². The lowest BCUT2D eigenvalue weighted by Crippen LogP contribution is -2.16. The molecule has 1 fully saturated rings. The molecule has 2 atom stereocenters. The molecule has 2 N–H and O–H groups in total. The molecule has 1 saturated heterocycles. The standard InChI is InChI=1S/C17H27NOS/c1-13(2)10-14-5-7-15(8-6-14)17(18)12-20-11-16-4-3-9-19-16/h5-8,13,16-17H,3-4,9-12,18H2,1-2H3. The smallest absolute Gasteiger partial charge is 0.0666 e. The van der Waals surface area contributed by atoms with E-state index < -0.39 is 0 Å². The highest BCUT2D eigenvalue weighted by Gasteiger charge is 2.16. The van der Waals surface area contributed by atoms with Gasteiger partial charge < -0.3 is 10.5 Å². The third-order valence-electron chi connectivity index (χ3n) is 3.68. The van der Waals surface area contributed by atoms with E-state index in [-0.39, 0.29) is 6.04 Å². The molecule has 1 aromatic carbocycles. The Morgan fingerprint density at radius 2 is 2.05 bits per heavy atom. The van der Waals surface area contributed by atoms with Crippen LogP contribution in [0.25, 0.3) is 0 Å². The molecule has 0 saturated carbocycles. The first-order valence-corrected chi connectivity index (χ1v) is 8.84. The summed E-state index contributed by atoms with van der Waals surface area (Å²) in [6.07, 6.45) is 4.03. The van der Waals surface area contributed by atoms with Crippen LogP contribution in [0, 0.1) is 5.92 Å². The summed E-state index contributed by atoms with van der Waals surface area (Å²) in [5.74, 6) is 2.76. The molecule has 0 amide bonds. The maximum atomic E-state index is 6.27. The molecule has 2 nitrogen and oxygen atoms in total. The fraction of sp³-hybridized carbons (Fsp3) is 0.647. The third-order valence-corrected chi connectivity index (χ3v) is 4.88. The van der Waals surface area contributed by atoms with E-state index in [1.54, 1.807) is 0 Å². The summed E-state index contributed by atoms with van der Waals surface area (Å²) >= 11 is 1.92. The topological polar surface area (TPSA) is 35.2 Å². The lowest BCUT2D eigenvalue weighted by molar-refractivity contribution is 0.129. The minimum Gasteiger partial charge on any atom is -0.377 e. The van der Waals surface area contributed by atoms with Crippen molar-refractivity contribution in [3.8, 4) is 0 Å². The molecule has 1 aliphatic heterocycles. The summed E-state index contributed by atoms with van der Waals surface area (Å²) in [5, 5.41) is 0. The van der Waals surface area contributed by atoms with E-state index in [0.29, 0.717) is 12.0 Å². The molecule has 1 aromatic rings. The van der Waals surface area contributed by atoms with Gasteiger partial charge in [0.1, 0.15) is 0 Å². The summed E-state index contributed by atoms with van der Waals surface area (Å²) in [4.78, 5) is 0. The van der Waals surface area contributed by atoms with Crippen molar-refractivity contribution in [3.63, 3.8) is 0 Å². The molecule has 3 heteroatoms. The average molecular weight is 293 g/mol. The van der Waals surface area contributed by atoms with Crippen molar-refractivity contribution in [3.05, 3.63) is 35.4 Å². The number of thioether (sulfide) groups is 1. The number of benzene rings is 1. The Kier molecular flexibility index (Phi) is 6.40. The molecule has 0 bridgehead atoms. The van der Waals surface area contributed by atoms with Crippen LogP contribution < -0.4 is 5.73 Å². The zero-order valence-corrected chi connectivity index (χ0v) is 13.5. The van der Waals surface area contributed by atoms with Gasteiger partial charge in [-0.1, -0.05) is 38.1 Å². The maximum absolute atomic E-state index is 6.27. The fourth-order valence-electron chi connectivity index (χ4n) is 2.57. The van der Waals surface area contributed by atoms with Gasteiger partial charge in [0.2, 0.25) is 0 Å². The summed E-state index contributed by atoms with van der Waals surface area (Å²) in [5.41, 5.74) is 8.92. The largest absolute Gasteiger partial charge is 0.377 e. The molecule has 0 aliphatic carbocycles. The second-order valence-electron chi connectivity index (χ2n) is 6.12. The number of rotatable bonds is 7. The Labute approximate surface area is 127 Å². The van der Waals surface area contributed by atoms with Gasteiger partial charge in [0.15, 0.2) is 0 Å². The highest BCUT2D eigenvalue weighted by atomic mass is 32.2. The van der Waals surface area contributed by atoms with Crippen molar-refractivity contribution in [2.45, 2.75) is 45.3 Å². The summed E-state index contributed by atoms with van der Waals surface area (Å²) in [6, 6.07) is 8.96. The van der Waals surface area contributed by atoms with E-state index in [4.69, 9.17) is 10.5 Å². The van der Waals surface area contributed by atoms with Crippen LogP contribution in [-0.4, -0.2) is 24.2 Å². The monoisotopic (exact) mass is 293 g/mol. The van der Waals surface area contributed by atoms with Crippen LogP contribution in [-0.2, 0) is 11.2 Å². The van der Waals surface area contributed by atoms with Gasteiger partial charge in [-0.3, -0.25) is 0 Å². The van der Waals surface area contributed by atoms with Crippen molar-refractivity contribution in [1.82, 2.24) is 0 Å². The van der Waals surface area contributed by atoms with E-state index in [1.165, 1.54) is 24.0 Å². The first kappa shape index (κ1) is 15.9. The van der Waals surface area contributed by atoms with Gasteiger partial charge in [0.05, 0.1) is 6.10 Å². The predicted octanol–water partition coefficient (Wildman–Crippen LogP) is 3.80. The lowest BCUT2D eigenvalue weighted by atomic mass is 10.0. The third kappa shape index (κ3) is 5.12. The second kappa shape index (κ2) is 8.06. The zero-order chi connectivity index (χ0) is 14.4. The van der Waals surface area contributed by atoms with Gasteiger partial charge in [-0.15, -0.1) is 0 Å². The van der Waals surface area contributed by atoms with Crippen molar-refractivity contribution < 1.29 is 4.74 Å². The summed E-state index contributed by atoms with van der Waals surface area (Å²) in [6.45, 7) is 5.44. The SMILES string of the molecule is CC(C)Cc1ccc(C(N)CSCC2CCCO2)cc1. The summed E-state index contributed by atoms with van der Waals surface area (Å²) < 4.78 is 5.63. The quantitative estimate of drug-likeness (QED) is 0.830. The number of hydrogen-bond donors (Lipinski definition) is 1. The normalized spacial score (nSPS) is 20.5. The Hall–Kier alpha value is -0.510. The fourth-order valence-corrected chi connectivity index (χ4v) is 3.68. The lowest BCUT2D eigenvalue weighted by Gasteiger charge is -2.14. The molecule has 20 heavy (non-hydrogen) atoms. The van der Waals surface area contributed by atoms with Gasteiger partial charge in [0.25, 0.3) is 0 Å². The molecule has 1 aliphatic rings. The first-order chi connectivity index (χ1) is 9.65. The van der Waals surface area contributed by atoms with Crippen LogP contribution in [0.2, 0.25) is 0 Å². The van der Waals surface area contributed by atoms with Gasteiger partial charge >= 0.3 is 0 Å². The summed E-state index contributed by atoms with van der Waals surface area (Å²) in [7, 11) is 0. The van der Waals surface area contributed by atoms with Crippen LogP contribution in [0.5, 0.6) is 0 Å². The highest BCUT2D eigenvalue weighted by Crippen LogP contribution is 2.21. The minimum atomic E-state index is 0.134. The van der Waals surface area contributed by atoms with Crippen LogP contribution in [0.15, 0.2) is 24.3 Å². The number of ether oxygens (including phenoxy) is 1. The van der Waals surface area contributed by atoms with E-state index in [2.05, 4.69) is 38.1 Å². The Balaban J connectivity index is 1.75. The number of hydrogen-bond acceptors (Lipinski definition) is 3. The van der Waals surface area contributed by atoms with Gasteiger partial charge in [0, 0.05) is 24.2 Å². The first-order valence-electron chi connectivity index (χ1n) is 7.69. The van der Waals surface area contributed by atoms with Crippen LogP contribution in [0.1, 0.15) is 43.9 Å². The Bertz CT molecular complexity index is 384. The zero-order valence-electron chi connectivity index (χ0n) is 12.7. The molecule has 2 rings (SSSR count). The second-order valence-corrected chi connectivity index (χ2v) is 7.19. The van der Waals surface area contributed by atoms with E-state index >= 15 is 0 Å². The molecule has 0 spiro atoms. The molecule has 1 heterocycles. The highest BCUT2D eigenvalue weighted by molar-refractivity contribution is 7.99. The average Bonchev–Trinajstić information content (AvgIpc) is 2.92. The van der Waals surface area contributed by atoms with Gasteiger partial charge in [-0.05, 0) is 36.3 Å². The van der Waals surface area contributed by atoms with Crippen molar-refractivity contribution in [2.75, 3.05) is 18.1 Å². The predicted molar refractivity (Wildman–Crippen MR) is 88.2 cm³/mol. The molecule has 2 unspecified atom stereocenters. The molecule has 112 valence electrons. The van der Waals surface area contributed by atoms with Gasteiger partial charge in [-0.2, -0.15) is 11.8 Å². The molecular weight excluding hydrogens is 266 g/mol. The Morgan fingerprint density at radius 1 is 1.30 bits per heavy atom. The molecule has 0 aromatic heterocycles. The van der Waals surface area contributed by atoms with Gasteiger partial charge in [-0.25, -0.2) is 0 Å². The van der Waals surface area contributed by atoms with Crippen molar-refractivity contribution in [1.29, 1.82) is 0 Å². The van der Waals surface area contributed by atoms with E-state index in [1.807, 2.05) is 11.8 Å². The van der Waals surface area contributed by atoms with Crippen LogP contribution in [0.4, 0.5) is 0 Å². The minimum absolute atomic E-state index is 0.134. The maximum Gasteiger partial charge on any atom is 0.0666 e. The van der Waals surface area contributed by atoms with Crippen molar-refractivity contribution >= 4 is 11.8 Å².